The number of aromatic nitrogens is 2. The Kier molecular flexibility index (Phi) is 2.37. The van der Waals surface area contributed by atoms with Gasteiger partial charge in [0.1, 0.15) is 5.82 Å². The maximum atomic E-state index is 9.15. The van der Waals surface area contributed by atoms with Gasteiger partial charge in [0.15, 0.2) is 0 Å². The lowest BCUT2D eigenvalue weighted by Crippen LogP contribution is -2.02. The first-order valence-electron chi connectivity index (χ1n) is 14.5. The first kappa shape index (κ1) is 7.84. The second kappa shape index (κ2) is 8.48. The topological polar surface area (TPSA) is 97.4 Å². The molecule has 0 aliphatic rings. The second-order valence-corrected chi connectivity index (χ2v) is 5.00. The van der Waals surface area contributed by atoms with E-state index >= 15 is 0 Å². The number of anilines is 4. The second-order valence-electron chi connectivity index (χ2n) is 5.00. The molecule has 0 spiro atoms. The van der Waals surface area contributed by atoms with Crippen LogP contribution in [0.5, 0.6) is 0 Å². The summed E-state index contributed by atoms with van der Waals surface area (Å²) in [6.07, 6.45) is 0.978. The van der Waals surface area contributed by atoms with Crippen LogP contribution < -0.4 is 10.6 Å². The van der Waals surface area contributed by atoms with Crippen LogP contribution in [0.1, 0.15) is 41.4 Å². The van der Waals surface area contributed by atoms with Crippen molar-refractivity contribution >= 4 is 29.2 Å². The van der Waals surface area contributed by atoms with E-state index in [1.54, 1.807) is 12.1 Å². The van der Waals surface area contributed by atoms with E-state index in [9.17, 15) is 0 Å². The van der Waals surface area contributed by atoms with Crippen LogP contribution in [0.3, 0.4) is 0 Å². The first-order chi connectivity index (χ1) is 19.4. The van der Waals surface area contributed by atoms with Crippen molar-refractivity contribution in [3.63, 3.8) is 0 Å². The number of allylic oxidation sites excluding steroid dienone is 1. The molecule has 6 nitrogen and oxygen atoms in total. The zero-order chi connectivity index (χ0) is 31.9. The summed E-state index contributed by atoms with van der Waals surface area (Å²) < 4.78 is 113. The molecule has 3 rings (SSSR count). The zero-order valence-corrected chi connectivity index (χ0v) is 13.9. The molecule has 0 saturated heterocycles. The van der Waals surface area contributed by atoms with E-state index in [1.807, 2.05) is 0 Å². The molecule has 28 heavy (non-hydrogen) atoms. The Bertz CT molecular complexity index is 1640. The van der Waals surface area contributed by atoms with Crippen LogP contribution >= 0.6 is 0 Å². The zero-order valence-electron chi connectivity index (χ0n) is 27.9. The Hall–Kier alpha value is -4.16. The minimum Gasteiger partial charge on any atom is -0.340 e. The number of benzene rings is 2. The predicted molar refractivity (Wildman–Crippen MR) is 110 cm³/mol. The van der Waals surface area contributed by atoms with Crippen LogP contribution in [0.4, 0.5) is 23.1 Å². The Labute approximate surface area is 183 Å². The van der Waals surface area contributed by atoms with Gasteiger partial charge in [0, 0.05) is 31.8 Å². The minimum absolute atomic E-state index is 0.458. The number of nitriles is 2. The molecular formula is C22H18N6. The van der Waals surface area contributed by atoms with Gasteiger partial charge in [-0.2, -0.15) is 15.5 Å². The molecule has 0 amide bonds. The summed E-state index contributed by atoms with van der Waals surface area (Å²) in [5.74, 6) is -1.24. The lowest BCUT2D eigenvalue weighted by molar-refractivity contribution is 1.16. The highest BCUT2D eigenvalue weighted by molar-refractivity contribution is 5.69. The molecule has 2 aromatic carbocycles. The summed E-state index contributed by atoms with van der Waals surface area (Å²) in [6.45, 7) is -6.31. The smallest absolute Gasteiger partial charge is 0.229 e. The summed E-state index contributed by atoms with van der Waals surface area (Å²) in [5.41, 5.74) is -3.99. The molecule has 1 heterocycles. The van der Waals surface area contributed by atoms with Gasteiger partial charge in [0.05, 0.1) is 28.7 Å². The summed E-state index contributed by atoms with van der Waals surface area (Å²) in [5, 5.41) is 22.8. The molecule has 0 atom stereocenters. The lowest BCUT2D eigenvalue weighted by atomic mass is 10.0. The van der Waals surface area contributed by atoms with E-state index in [0.29, 0.717) is 0 Å². The van der Waals surface area contributed by atoms with Crippen LogP contribution in [-0.4, -0.2) is 9.97 Å². The van der Waals surface area contributed by atoms with E-state index < -0.39 is 108 Å². The summed E-state index contributed by atoms with van der Waals surface area (Å²) in [4.78, 5) is 7.65. The summed E-state index contributed by atoms with van der Waals surface area (Å²) in [7, 11) is 0. The molecule has 0 fully saturated rings. The average Bonchev–Trinajstić information content (AvgIpc) is 2.87. The van der Waals surface area contributed by atoms with E-state index in [1.165, 1.54) is 0 Å². The van der Waals surface area contributed by atoms with Crippen molar-refractivity contribution in [1.82, 2.24) is 9.97 Å². The third kappa shape index (κ3) is 4.51. The molecule has 136 valence electrons. The van der Waals surface area contributed by atoms with Crippen LogP contribution in [0.15, 0.2) is 54.5 Å². The fourth-order valence-corrected chi connectivity index (χ4v) is 1.95. The normalized spacial score (nSPS) is 18.4. The molecule has 0 aliphatic heterocycles. The lowest BCUT2D eigenvalue weighted by Gasteiger charge is -2.14. The Balaban J connectivity index is 2.32. The Morgan fingerprint density at radius 3 is 2.46 bits per heavy atom. The highest BCUT2D eigenvalue weighted by Gasteiger charge is 2.07. The number of rotatable bonds is 5. The molecule has 1 aromatic heterocycles. The van der Waals surface area contributed by atoms with Gasteiger partial charge < -0.3 is 10.6 Å². The van der Waals surface area contributed by atoms with Crippen molar-refractivity contribution in [2.24, 2.45) is 0 Å². The Morgan fingerprint density at radius 1 is 1.07 bits per heavy atom. The van der Waals surface area contributed by atoms with Crippen molar-refractivity contribution < 1.29 is 19.2 Å². The van der Waals surface area contributed by atoms with Crippen molar-refractivity contribution in [2.75, 3.05) is 10.6 Å². The molecule has 0 saturated carbocycles. The largest absolute Gasteiger partial charge is 0.340 e. The number of nitrogens with zero attached hydrogens (tertiary/aromatic N) is 4. The van der Waals surface area contributed by atoms with Crippen molar-refractivity contribution in [3.8, 4) is 12.1 Å². The average molecular weight is 381 g/mol. The van der Waals surface area contributed by atoms with Crippen LogP contribution in [0.25, 0.3) is 6.08 Å². The van der Waals surface area contributed by atoms with Gasteiger partial charge in [-0.3, -0.25) is 0 Å². The van der Waals surface area contributed by atoms with Gasteiger partial charge in [-0.1, -0.05) is 0 Å². The van der Waals surface area contributed by atoms with Gasteiger partial charge in [-0.15, -0.1) is 0 Å². The number of hydrogen-bond acceptors (Lipinski definition) is 6. The van der Waals surface area contributed by atoms with Gasteiger partial charge in [0.25, 0.3) is 0 Å². The maximum Gasteiger partial charge on any atom is 0.229 e. The third-order valence-electron chi connectivity index (χ3n) is 3.11. The molecule has 0 aliphatic carbocycles. The standard InChI is InChI=1S/C22H18N6/c1-15-12-18(4-3-10-23)13-16(2)21(15)27-20-9-11-25-22(28-20)26-19-7-5-17(14-24)6-8-19/h3-9,11-13H,1-2H3,(H2,25,26,27,28)/b4-3+/i1D3,2D3,5D,6D,7D,8D,9D,11D,12D,13D. The van der Waals surface area contributed by atoms with Gasteiger partial charge in [-0.25, -0.2) is 4.98 Å². The van der Waals surface area contributed by atoms with E-state index in [0.717, 1.165) is 12.2 Å². The quantitative estimate of drug-likeness (QED) is 0.605. The SMILES string of the molecule is [2H]c1nc(Nc2c([2H])c([2H])c(C#N)c([2H])c2[2H])nc(Nc2c(C([2H])([2H])[2H])c([2H])c(/C=C/C#N)c([2H])c2C([2H])([2H])[2H])c1[2H]. The minimum atomic E-state index is -3.15. The van der Waals surface area contributed by atoms with Gasteiger partial charge in [-0.05, 0) is 78.8 Å². The van der Waals surface area contributed by atoms with Gasteiger partial charge >= 0.3 is 0 Å². The van der Waals surface area contributed by atoms with Crippen molar-refractivity contribution in [2.45, 2.75) is 13.7 Å². The van der Waals surface area contributed by atoms with Crippen LogP contribution in [-0.2, 0) is 0 Å². The summed E-state index contributed by atoms with van der Waals surface area (Å²) >= 11 is 0. The Morgan fingerprint density at radius 2 is 1.82 bits per heavy atom. The van der Waals surface area contributed by atoms with E-state index in [2.05, 4.69) is 20.6 Å². The molecule has 0 radical (unpaired) electrons. The van der Waals surface area contributed by atoms with Crippen molar-refractivity contribution in [3.05, 3.63) is 76.8 Å². The van der Waals surface area contributed by atoms with E-state index in [4.69, 9.17) is 29.7 Å². The molecule has 2 N–H and O–H groups in total. The highest BCUT2D eigenvalue weighted by atomic mass is 15.1. The monoisotopic (exact) mass is 380 g/mol. The van der Waals surface area contributed by atoms with Crippen LogP contribution in [0, 0.1) is 36.4 Å². The molecule has 6 heteroatoms. The van der Waals surface area contributed by atoms with E-state index in [-0.39, 0.29) is 0 Å². The van der Waals surface area contributed by atoms with Crippen molar-refractivity contribution in [1.29, 1.82) is 10.5 Å². The van der Waals surface area contributed by atoms with Crippen LogP contribution in [0.2, 0.25) is 0 Å². The molecule has 0 unspecified atom stereocenters. The molecular weight excluding hydrogens is 348 g/mol. The number of hydrogen-bond donors (Lipinski definition) is 2. The first-order valence-corrected chi connectivity index (χ1v) is 7.50. The van der Waals surface area contributed by atoms with Gasteiger partial charge in [0.2, 0.25) is 5.95 Å². The fourth-order valence-electron chi connectivity index (χ4n) is 1.95. The number of nitrogens with one attached hydrogen (secondary N) is 2. The molecule has 0 bridgehead atoms. The predicted octanol–water partition coefficient (Wildman–Crippen LogP) is 4.99. The third-order valence-corrected chi connectivity index (χ3v) is 3.11. The fraction of sp³-hybridized carbons (Fsp3) is 0.0909. The maximum absolute atomic E-state index is 9.15. The summed E-state index contributed by atoms with van der Waals surface area (Å²) in [6, 6.07) is -1.89. The molecule has 3 aromatic rings. The highest BCUT2D eigenvalue weighted by Crippen LogP contribution is 2.26.